The molecule has 1 heterocycles. The Kier molecular flexibility index (Phi) is 3.29. The number of halogens is 1. The Labute approximate surface area is 116 Å². The van der Waals surface area contributed by atoms with E-state index < -0.39 is 0 Å². The average molecular weight is 267 g/mol. The van der Waals surface area contributed by atoms with Crippen molar-refractivity contribution in [3.63, 3.8) is 0 Å². The van der Waals surface area contributed by atoms with E-state index in [2.05, 4.69) is 10.2 Å². The largest absolute Gasteiger partial charge is 0.285 e. The fourth-order valence-corrected chi connectivity index (χ4v) is 2.23. The van der Waals surface area contributed by atoms with Crippen molar-refractivity contribution in [3.05, 3.63) is 77.6 Å². The number of nitrogens with zero attached hydrogens (tertiary/aromatic N) is 3. The molecular weight excluding hydrogens is 253 g/mol. The first kappa shape index (κ1) is 12.5. The molecule has 0 aliphatic carbocycles. The highest BCUT2D eigenvalue weighted by Gasteiger charge is 2.11. The lowest BCUT2D eigenvalue weighted by atomic mass is 10.1. The predicted molar refractivity (Wildman–Crippen MR) is 75.3 cm³/mol. The van der Waals surface area contributed by atoms with Crippen LogP contribution in [0.5, 0.6) is 0 Å². The zero-order valence-corrected chi connectivity index (χ0v) is 11.1. The summed E-state index contributed by atoms with van der Waals surface area (Å²) in [7, 11) is 0. The van der Waals surface area contributed by atoms with Crippen molar-refractivity contribution < 1.29 is 4.39 Å². The molecule has 3 nitrogen and oxygen atoms in total. The van der Waals surface area contributed by atoms with Crippen LogP contribution in [0.1, 0.15) is 17.0 Å². The van der Waals surface area contributed by atoms with Crippen LogP contribution in [0.4, 0.5) is 4.39 Å². The molecule has 0 atom stereocenters. The second kappa shape index (κ2) is 5.25. The van der Waals surface area contributed by atoms with Crippen molar-refractivity contribution in [1.29, 1.82) is 0 Å². The molecule has 0 bridgehead atoms. The molecule has 1 aromatic heterocycles. The first-order valence-corrected chi connectivity index (χ1v) is 6.44. The zero-order valence-electron chi connectivity index (χ0n) is 11.1. The van der Waals surface area contributed by atoms with Gasteiger partial charge in [-0.3, -0.25) is 4.57 Å². The van der Waals surface area contributed by atoms with E-state index in [9.17, 15) is 4.39 Å². The minimum absolute atomic E-state index is 0.216. The molecule has 0 aliphatic heterocycles. The highest BCUT2D eigenvalue weighted by Crippen LogP contribution is 2.17. The highest BCUT2D eigenvalue weighted by molar-refractivity contribution is 5.41. The minimum Gasteiger partial charge on any atom is -0.285 e. The molecule has 2 aromatic carbocycles. The van der Waals surface area contributed by atoms with Gasteiger partial charge in [-0.05, 0) is 30.2 Å². The van der Waals surface area contributed by atoms with Gasteiger partial charge in [-0.2, -0.15) is 0 Å². The molecule has 4 heteroatoms. The Morgan fingerprint density at radius 2 is 1.80 bits per heavy atom. The van der Waals surface area contributed by atoms with Crippen molar-refractivity contribution in [2.45, 2.75) is 13.3 Å². The number of hydrogen-bond acceptors (Lipinski definition) is 2. The van der Waals surface area contributed by atoms with E-state index in [0.29, 0.717) is 12.0 Å². The maximum atomic E-state index is 13.7. The van der Waals surface area contributed by atoms with Gasteiger partial charge in [0.25, 0.3) is 0 Å². The maximum Gasteiger partial charge on any atom is 0.141 e. The van der Waals surface area contributed by atoms with E-state index in [1.807, 2.05) is 41.8 Å². The van der Waals surface area contributed by atoms with Gasteiger partial charge in [0.1, 0.15) is 18.0 Å². The van der Waals surface area contributed by atoms with Gasteiger partial charge in [0.05, 0.1) is 5.69 Å². The van der Waals surface area contributed by atoms with Crippen molar-refractivity contribution in [1.82, 2.24) is 14.8 Å². The lowest BCUT2D eigenvalue weighted by Gasteiger charge is -2.09. The van der Waals surface area contributed by atoms with Gasteiger partial charge in [0.2, 0.25) is 0 Å². The first-order chi connectivity index (χ1) is 9.75. The van der Waals surface area contributed by atoms with Gasteiger partial charge in [-0.1, -0.05) is 36.4 Å². The van der Waals surface area contributed by atoms with Crippen LogP contribution in [-0.2, 0) is 6.42 Å². The molecular formula is C16H14FN3. The molecule has 0 amide bonds. The number of aromatic nitrogens is 3. The average Bonchev–Trinajstić information content (AvgIpc) is 2.90. The molecule has 20 heavy (non-hydrogen) atoms. The van der Waals surface area contributed by atoms with E-state index >= 15 is 0 Å². The molecule has 0 fully saturated rings. The summed E-state index contributed by atoms with van der Waals surface area (Å²) in [4.78, 5) is 0. The van der Waals surface area contributed by atoms with Crippen LogP contribution in [0, 0.1) is 12.7 Å². The van der Waals surface area contributed by atoms with E-state index in [0.717, 1.165) is 17.1 Å². The fourth-order valence-electron chi connectivity index (χ4n) is 2.23. The van der Waals surface area contributed by atoms with Crippen molar-refractivity contribution >= 4 is 0 Å². The summed E-state index contributed by atoms with van der Waals surface area (Å²) in [6.07, 6.45) is 2.08. The molecule has 100 valence electrons. The molecule has 0 N–H and O–H groups in total. The third-order valence-electron chi connectivity index (χ3n) is 3.30. The Balaban J connectivity index is 2.00. The van der Waals surface area contributed by atoms with Crippen LogP contribution in [0.3, 0.4) is 0 Å². The first-order valence-electron chi connectivity index (χ1n) is 6.44. The van der Waals surface area contributed by atoms with Crippen molar-refractivity contribution in [3.8, 4) is 5.69 Å². The molecule has 0 spiro atoms. The molecule has 0 saturated carbocycles. The van der Waals surface area contributed by atoms with Gasteiger partial charge in [-0.25, -0.2) is 4.39 Å². The second-order valence-electron chi connectivity index (χ2n) is 4.67. The molecule has 0 radical (unpaired) electrons. The fraction of sp³-hybridized carbons (Fsp3) is 0.125. The third-order valence-corrected chi connectivity index (χ3v) is 3.30. The number of para-hydroxylation sites is 1. The smallest absolute Gasteiger partial charge is 0.141 e. The predicted octanol–water partition coefficient (Wildman–Crippen LogP) is 3.31. The SMILES string of the molecule is Cc1ccccc1-n1cnnc1Cc1ccccc1F. The molecule has 3 rings (SSSR count). The lowest BCUT2D eigenvalue weighted by molar-refractivity contribution is 0.611. The van der Waals surface area contributed by atoms with E-state index in [-0.39, 0.29) is 5.82 Å². The van der Waals surface area contributed by atoms with E-state index in [4.69, 9.17) is 0 Å². The van der Waals surface area contributed by atoms with E-state index in [1.54, 1.807) is 18.5 Å². The molecule has 3 aromatic rings. The Morgan fingerprint density at radius 1 is 1.05 bits per heavy atom. The van der Waals surface area contributed by atoms with Crippen LogP contribution in [0.2, 0.25) is 0 Å². The Morgan fingerprint density at radius 3 is 2.60 bits per heavy atom. The van der Waals surface area contributed by atoms with Crippen LogP contribution < -0.4 is 0 Å². The van der Waals surface area contributed by atoms with Gasteiger partial charge < -0.3 is 0 Å². The quantitative estimate of drug-likeness (QED) is 0.729. The van der Waals surface area contributed by atoms with Crippen LogP contribution in [0.25, 0.3) is 5.69 Å². The third kappa shape index (κ3) is 2.32. The molecule has 0 unspecified atom stereocenters. The summed E-state index contributed by atoms with van der Waals surface area (Å²) in [5.74, 6) is 0.510. The lowest BCUT2D eigenvalue weighted by Crippen LogP contribution is -2.04. The minimum atomic E-state index is -0.216. The van der Waals surface area contributed by atoms with Crippen LogP contribution in [-0.4, -0.2) is 14.8 Å². The van der Waals surface area contributed by atoms with Gasteiger partial charge in [0.15, 0.2) is 0 Å². The maximum absolute atomic E-state index is 13.7. The summed E-state index contributed by atoms with van der Waals surface area (Å²) in [6, 6.07) is 14.7. The Bertz CT molecular complexity index is 734. The Hall–Kier alpha value is -2.49. The number of aryl methyl sites for hydroxylation is 1. The van der Waals surface area contributed by atoms with Crippen molar-refractivity contribution in [2.24, 2.45) is 0 Å². The molecule has 0 aliphatic rings. The monoisotopic (exact) mass is 267 g/mol. The topological polar surface area (TPSA) is 30.7 Å². The van der Waals surface area contributed by atoms with E-state index in [1.165, 1.54) is 6.07 Å². The second-order valence-corrected chi connectivity index (χ2v) is 4.67. The summed E-state index contributed by atoms with van der Waals surface area (Å²) >= 11 is 0. The van der Waals surface area contributed by atoms with Crippen LogP contribution in [0.15, 0.2) is 54.9 Å². The van der Waals surface area contributed by atoms with Gasteiger partial charge in [-0.15, -0.1) is 10.2 Å². The summed E-state index contributed by atoms with van der Waals surface area (Å²) in [6.45, 7) is 2.03. The summed E-state index contributed by atoms with van der Waals surface area (Å²) in [5, 5.41) is 8.07. The highest BCUT2D eigenvalue weighted by atomic mass is 19.1. The zero-order chi connectivity index (χ0) is 13.9. The number of rotatable bonds is 3. The summed E-state index contributed by atoms with van der Waals surface area (Å²) in [5.41, 5.74) is 2.77. The number of benzene rings is 2. The standard InChI is InChI=1S/C16H14FN3/c1-12-6-2-5-9-15(12)20-11-18-19-16(20)10-13-7-3-4-8-14(13)17/h2-9,11H,10H2,1H3. The molecule has 0 saturated heterocycles. The van der Waals surface area contributed by atoms with Gasteiger partial charge >= 0.3 is 0 Å². The summed E-state index contributed by atoms with van der Waals surface area (Å²) < 4.78 is 15.6. The van der Waals surface area contributed by atoms with Crippen molar-refractivity contribution in [2.75, 3.05) is 0 Å². The normalized spacial score (nSPS) is 10.7. The number of hydrogen-bond donors (Lipinski definition) is 0. The van der Waals surface area contributed by atoms with Gasteiger partial charge in [0, 0.05) is 6.42 Å². The van der Waals surface area contributed by atoms with Crippen LogP contribution >= 0.6 is 0 Å².